The Morgan fingerprint density at radius 2 is 1.74 bits per heavy atom. The van der Waals surface area contributed by atoms with Crippen molar-refractivity contribution in [1.82, 2.24) is 40.2 Å². The van der Waals surface area contributed by atoms with Gasteiger partial charge in [-0.3, -0.25) is 38.9 Å². The predicted octanol–water partition coefficient (Wildman–Crippen LogP) is 1.02. The zero-order valence-electron chi connectivity index (χ0n) is 32.1. The molecule has 4 fully saturated rings. The number of aryl methyl sites for hydroxylation is 1. The number of rotatable bonds is 10. The van der Waals surface area contributed by atoms with Gasteiger partial charge in [0.25, 0.3) is 11.8 Å². The molecule has 4 saturated heterocycles. The summed E-state index contributed by atoms with van der Waals surface area (Å²) in [7, 11) is 1.81. The van der Waals surface area contributed by atoms with Gasteiger partial charge in [0, 0.05) is 70.0 Å². The van der Waals surface area contributed by atoms with Crippen molar-refractivity contribution in [2.75, 3.05) is 60.9 Å². The van der Waals surface area contributed by atoms with Crippen molar-refractivity contribution in [3.63, 3.8) is 0 Å². The summed E-state index contributed by atoms with van der Waals surface area (Å²) in [5.74, 6) is -0.401. The predicted molar refractivity (Wildman–Crippen MR) is 208 cm³/mol. The van der Waals surface area contributed by atoms with Crippen LogP contribution in [0.25, 0.3) is 0 Å². The van der Waals surface area contributed by atoms with Crippen LogP contribution < -0.4 is 31.5 Å². The third-order valence-corrected chi connectivity index (χ3v) is 12.0. The number of piperidine rings is 4. The largest absolute Gasteiger partial charge is 0.373 e. The van der Waals surface area contributed by atoms with E-state index in [1.54, 1.807) is 35.4 Å². The molecule has 5 aliphatic heterocycles. The lowest BCUT2D eigenvalue weighted by Gasteiger charge is -2.39. The molecular weight excluding hydrogens is 733 g/mol. The number of carbonyl (C=O) groups excluding carboxylic acids is 5. The van der Waals surface area contributed by atoms with Crippen LogP contribution in [0.5, 0.6) is 0 Å². The molecule has 0 radical (unpaired) electrons. The van der Waals surface area contributed by atoms with Gasteiger partial charge in [-0.25, -0.2) is 9.97 Å². The highest BCUT2D eigenvalue weighted by Gasteiger charge is 2.45. The maximum absolute atomic E-state index is 13.5. The summed E-state index contributed by atoms with van der Waals surface area (Å²) in [6.45, 7) is 5.77. The minimum atomic E-state index is -1.30. The van der Waals surface area contributed by atoms with E-state index >= 15 is 0 Å². The highest BCUT2D eigenvalue weighted by molar-refractivity contribution is 6.23. The van der Waals surface area contributed by atoms with Gasteiger partial charge in [-0.1, -0.05) is 0 Å². The smallest absolute Gasteiger partial charge is 0.262 e. The molecule has 57 heavy (non-hydrogen) atoms. The summed E-state index contributed by atoms with van der Waals surface area (Å²) in [5, 5.41) is 23.0. The van der Waals surface area contributed by atoms with Gasteiger partial charge < -0.3 is 36.2 Å². The molecule has 5 amide bonds. The number of benzene rings is 1. The topological polar surface area (TPSA) is 224 Å². The molecule has 18 nitrogen and oxygen atoms in total. The number of nitrogens with one attached hydrogen (secondary N) is 3. The van der Waals surface area contributed by atoms with Crippen LogP contribution in [0, 0.1) is 11.8 Å². The highest BCUT2D eigenvalue weighted by Crippen LogP contribution is 2.33. The van der Waals surface area contributed by atoms with E-state index in [0.717, 1.165) is 88.4 Å². The van der Waals surface area contributed by atoms with Gasteiger partial charge in [-0.2, -0.15) is 5.10 Å². The summed E-state index contributed by atoms with van der Waals surface area (Å²) >= 11 is 0. The molecule has 7 heterocycles. The Labute approximate surface area is 330 Å². The first-order chi connectivity index (χ1) is 27.5. The quantitative estimate of drug-likeness (QED) is 0.143. The van der Waals surface area contributed by atoms with Crippen LogP contribution in [0.1, 0.15) is 84.0 Å². The molecule has 3 unspecified atom stereocenters. The van der Waals surface area contributed by atoms with E-state index in [4.69, 9.17) is 10.7 Å². The molecule has 18 heteroatoms. The number of nitrogens with zero attached hydrogens (tertiary/aromatic N) is 8. The van der Waals surface area contributed by atoms with E-state index in [2.05, 4.69) is 40.7 Å². The molecular formula is C39H50N12O6. The first-order valence-corrected chi connectivity index (χ1v) is 19.9. The number of aromatic nitrogens is 4. The average molecular weight is 783 g/mol. The maximum atomic E-state index is 13.5. The third kappa shape index (κ3) is 8.20. The Balaban J connectivity index is 0.788. The molecule has 3 aromatic rings. The SMILES string of the molecule is Cn1cc(Nc2nc(N3CCCC(NC(=O)C4CCN(CC5CCN(c6ccc7c(c6)C(=O)N(C6CCC(=O)NC6=O)C7=O)CC5)CC4)C3)cnc2C(N)O)cn1. The van der Waals surface area contributed by atoms with Crippen molar-refractivity contribution in [2.45, 2.75) is 69.7 Å². The summed E-state index contributed by atoms with van der Waals surface area (Å²) in [6.07, 6.45) is 9.37. The molecule has 2 aromatic heterocycles. The normalized spacial score (nSPS) is 23.1. The second-order valence-corrected chi connectivity index (χ2v) is 15.9. The fourth-order valence-electron chi connectivity index (χ4n) is 8.87. The summed E-state index contributed by atoms with van der Waals surface area (Å²) in [4.78, 5) is 81.0. The zero-order valence-corrected chi connectivity index (χ0v) is 32.1. The van der Waals surface area contributed by atoms with Gasteiger partial charge >= 0.3 is 0 Å². The van der Waals surface area contributed by atoms with E-state index in [9.17, 15) is 29.1 Å². The number of aliphatic hydroxyl groups excluding tert-OH is 1. The van der Waals surface area contributed by atoms with Gasteiger partial charge in [-0.15, -0.1) is 0 Å². The number of amides is 5. The molecule has 0 aliphatic carbocycles. The fourth-order valence-corrected chi connectivity index (χ4v) is 8.87. The second-order valence-electron chi connectivity index (χ2n) is 15.9. The summed E-state index contributed by atoms with van der Waals surface area (Å²) in [6, 6.07) is 4.32. The summed E-state index contributed by atoms with van der Waals surface area (Å²) < 4.78 is 1.66. The number of aliphatic hydroxyl groups is 1. The van der Waals surface area contributed by atoms with Crippen molar-refractivity contribution in [3.05, 3.63) is 53.6 Å². The third-order valence-electron chi connectivity index (χ3n) is 12.0. The number of fused-ring (bicyclic) bond motifs is 1. The zero-order chi connectivity index (χ0) is 39.8. The molecule has 6 N–H and O–H groups in total. The first-order valence-electron chi connectivity index (χ1n) is 19.9. The van der Waals surface area contributed by atoms with Crippen LogP contribution in [0.4, 0.5) is 23.0 Å². The fraction of sp³-hybridized carbons (Fsp3) is 0.538. The Bertz CT molecular complexity index is 2040. The van der Waals surface area contributed by atoms with Crippen LogP contribution in [-0.4, -0.2) is 122 Å². The standard InChI is InChI=1S/C39H50N12O6/c1-47-21-26(18-42-47)43-35-33(34(40)53)41-19-31(45-35)50-12-2-3-25(22-50)44-36(54)24-10-13-48(14-11-24)20-23-8-15-49(16-9-23)27-4-5-28-29(17-27)39(57)51(38(28)56)30-6-7-32(52)46-37(30)55/h4-5,17-19,21,23-25,30,34,53H,2-3,6-16,20,22,40H2,1H3,(H,43,45)(H,44,54)(H,46,52,55). The lowest BCUT2D eigenvalue weighted by molar-refractivity contribution is -0.136. The van der Waals surface area contributed by atoms with Crippen LogP contribution >= 0.6 is 0 Å². The van der Waals surface area contributed by atoms with Crippen molar-refractivity contribution in [3.8, 4) is 0 Å². The average Bonchev–Trinajstić information content (AvgIpc) is 3.73. The molecule has 8 rings (SSSR count). The van der Waals surface area contributed by atoms with Crippen molar-refractivity contribution in [2.24, 2.45) is 24.6 Å². The molecule has 3 atom stereocenters. The number of carbonyl (C=O) groups is 5. The Morgan fingerprint density at radius 1 is 0.965 bits per heavy atom. The van der Waals surface area contributed by atoms with Gasteiger partial charge in [0.05, 0.1) is 29.2 Å². The molecule has 1 aromatic carbocycles. The second kappa shape index (κ2) is 16.2. The van der Waals surface area contributed by atoms with Gasteiger partial charge in [0.15, 0.2) is 5.82 Å². The van der Waals surface area contributed by atoms with Crippen LogP contribution in [-0.2, 0) is 21.4 Å². The minimum Gasteiger partial charge on any atom is -0.373 e. The minimum absolute atomic E-state index is 0.0145. The van der Waals surface area contributed by atoms with Crippen LogP contribution in [0.3, 0.4) is 0 Å². The highest BCUT2D eigenvalue weighted by atomic mass is 16.3. The van der Waals surface area contributed by atoms with Crippen molar-refractivity contribution >= 4 is 52.5 Å². The Kier molecular flexibility index (Phi) is 10.9. The van der Waals surface area contributed by atoms with E-state index in [1.165, 1.54) is 0 Å². The van der Waals surface area contributed by atoms with Gasteiger partial charge in [0.1, 0.15) is 23.8 Å². The van der Waals surface area contributed by atoms with E-state index in [0.29, 0.717) is 35.3 Å². The summed E-state index contributed by atoms with van der Waals surface area (Å²) in [5.41, 5.74) is 8.17. The first kappa shape index (κ1) is 38.4. The Morgan fingerprint density at radius 3 is 2.46 bits per heavy atom. The Hall–Kier alpha value is -5.46. The van der Waals surface area contributed by atoms with E-state index < -0.39 is 35.9 Å². The molecule has 0 bridgehead atoms. The number of anilines is 4. The van der Waals surface area contributed by atoms with Crippen molar-refractivity contribution < 1.29 is 29.1 Å². The van der Waals surface area contributed by atoms with E-state index in [-0.39, 0.29) is 42.0 Å². The monoisotopic (exact) mass is 782 g/mol. The van der Waals surface area contributed by atoms with Gasteiger partial charge in [0.2, 0.25) is 17.7 Å². The lowest BCUT2D eigenvalue weighted by atomic mass is 9.91. The molecule has 0 spiro atoms. The maximum Gasteiger partial charge on any atom is 0.262 e. The molecule has 5 aliphatic rings. The number of hydrogen-bond donors (Lipinski definition) is 5. The number of imide groups is 2. The molecule has 0 saturated carbocycles. The molecule has 302 valence electrons. The van der Waals surface area contributed by atoms with E-state index in [1.807, 2.05) is 13.1 Å². The lowest BCUT2D eigenvalue weighted by Crippen LogP contribution is -2.54. The van der Waals surface area contributed by atoms with Gasteiger partial charge in [-0.05, 0) is 82.2 Å². The van der Waals surface area contributed by atoms with Crippen LogP contribution in [0.15, 0.2) is 36.8 Å². The van der Waals surface area contributed by atoms with Crippen LogP contribution in [0.2, 0.25) is 0 Å². The number of nitrogens with two attached hydrogens (primary N) is 1. The number of likely N-dealkylation sites (tertiary alicyclic amines) is 1. The van der Waals surface area contributed by atoms with Crippen molar-refractivity contribution in [1.29, 1.82) is 0 Å². The number of hydrogen-bond acceptors (Lipinski definition) is 14.